The molecule has 0 radical (unpaired) electrons. The molecule has 1 aliphatic rings. The molecule has 0 heterocycles. The van der Waals surface area contributed by atoms with E-state index in [9.17, 15) is 14.4 Å². The number of hydrogen-bond donors (Lipinski definition) is 2. The zero-order valence-electron chi connectivity index (χ0n) is 17.8. The minimum Gasteiger partial charge on any atom is -0.467 e. The molecule has 0 aliphatic heterocycles. The molecule has 1 aliphatic carbocycles. The molecule has 2 atom stereocenters. The number of methoxy groups -OCH3 is 1. The van der Waals surface area contributed by atoms with E-state index >= 15 is 0 Å². The smallest absolute Gasteiger partial charge is 0.329 e. The lowest BCUT2D eigenvalue weighted by molar-refractivity contribution is -0.145. The molecule has 2 N–H and O–H groups in total. The Balaban J connectivity index is 1.98. The summed E-state index contributed by atoms with van der Waals surface area (Å²) in [6.07, 6.45) is 0.469. The van der Waals surface area contributed by atoms with Crippen LogP contribution in [0.1, 0.15) is 44.2 Å². The fourth-order valence-corrected chi connectivity index (χ4v) is 4.16. The van der Waals surface area contributed by atoms with Crippen LogP contribution in [0.2, 0.25) is 0 Å². The van der Waals surface area contributed by atoms with Crippen LogP contribution in [-0.4, -0.2) is 37.0 Å². The number of rotatable bonds is 7. The highest BCUT2D eigenvalue weighted by molar-refractivity contribution is 5.92. The molecule has 0 saturated heterocycles. The molecule has 2 aromatic rings. The lowest BCUT2D eigenvalue weighted by Gasteiger charge is -2.27. The summed E-state index contributed by atoms with van der Waals surface area (Å²) < 4.78 is 5.06. The van der Waals surface area contributed by atoms with Gasteiger partial charge in [0.15, 0.2) is 0 Å². The number of hydrogen-bond acceptors (Lipinski definition) is 4. The molecular formula is C24H28N2O4. The minimum absolute atomic E-state index is 0.192. The molecule has 6 heteroatoms. The second-order valence-electron chi connectivity index (χ2n) is 8.04. The van der Waals surface area contributed by atoms with Crippen molar-refractivity contribution in [3.8, 4) is 11.1 Å². The van der Waals surface area contributed by atoms with Crippen LogP contribution < -0.4 is 10.6 Å². The van der Waals surface area contributed by atoms with E-state index in [0.717, 1.165) is 22.3 Å². The maximum Gasteiger partial charge on any atom is 0.329 e. The highest BCUT2D eigenvalue weighted by Gasteiger charge is 2.40. The fourth-order valence-electron chi connectivity index (χ4n) is 4.16. The number of ether oxygens (including phenoxy) is 1. The Kier molecular flexibility index (Phi) is 6.55. The molecule has 0 spiro atoms. The predicted octanol–water partition coefficient (Wildman–Crippen LogP) is 3.01. The van der Waals surface area contributed by atoms with Gasteiger partial charge in [0, 0.05) is 12.8 Å². The van der Waals surface area contributed by atoms with Gasteiger partial charge in [-0.3, -0.25) is 9.59 Å². The lowest BCUT2D eigenvalue weighted by atomic mass is 9.88. The minimum atomic E-state index is -0.907. The van der Waals surface area contributed by atoms with Crippen molar-refractivity contribution in [1.82, 2.24) is 10.6 Å². The first-order chi connectivity index (χ1) is 14.3. The number of carbonyl (C=O) groups is 3. The van der Waals surface area contributed by atoms with E-state index in [-0.39, 0.29) is 17.7 Å². The van der Waals surface area contributed by atoms with E-state index in [1.54, 1.807) is 0 Å². The Bertz CT molecular complexity index is 908. The van der Waals surface area contributed by atoms with Gasteiger partial charge in [-0.05, 0) is 34.6 Å². The predicted molar refractivity (Wildman–Crippen MR) is 115 cm³/mol. The summed E-state index contributed by atoms with van der Waals surface area (Å²) >= 11 is 0. The summed E-state index contributed by atoms with van der Waals surface area (Å²) in [5, 5.41) is 5.57. The van der Waals surface area contributed by atoms with Crippen LogP contribution in [0.4, 0.5) is 0 Å². The van der Waals surface area contributed by atoms with Crippen molar-refractivity contribution in [3.63, 3.8) is 0 Å². The molecule has 0 bridgehead atoms. The molecule has 30 heavy (non-hydrogen) atoms. The van der Waals surface area contributed by atoms with Crippen molar-refractivity contribution in [3.05, 3.63) is 59.7 Å². The second kappa shape index (κ2) is 9.11. The van der Waals surface area contributed by atoms with Gasteiger partial charge in [-0.25, -0.2) is 4.79 Å². The van der Waals surface area contributed by atoms with Crippen molar-refractivity contribution in [2.45, 2.75) is 45.2 Å². The summed E-state index contributed by atoms with van der Waals surface area (Å²) in [7, 11) is 1.31. The lowest BCUT2D eigenvalue weighted by Crippen LogP contribution is -2.53. The van der Waals surface area contributed by atoms with Crippen LogP contribution in [0.25, 0.3) is 11.1 Å². The average Bonchev–Trinajstić information content (AvgIpc) is 3.04. The zero-order valence-corrected chi connectivity index (χ0v) is 17.8. The van der Waals surface area contributed by atoms with Gasteiger partial charge in [-0.15, -0.1) is 0 Å². The molecule has 0 aromatic heterocycles. The van der Waals surface area contributed by atoms with Gasteiger partial charge in [0.25, 0.3) is 0 Å². The van der Waals surface area contributed by atoms with Crippen molar-refractivity contribution < 1.29 is 19.1 Å². The third kappa shape index (κ3) is 4.37. The highest BCUT2D eigenvalue weighted by atomic mass is 16.5. The Morgan fingerprint density at radius 2 is 1.47 bits per heavy atom. The molecule has 2 amide bonds. The van der Waals surface area contributed by atoms with Crippen LogP contribution in [0, 0.1) is 5.92 Å². The molecule has 158 valence electrons. The first-order valence-electron chi connectivity index (χ1n) is 10.2. The van der Waals surface area contributed by atoms with Crippen molar-refractivity contribution in [2.24, 2.45) is 5.92 Å². The van der Waals surface area contributed by atoms with Gasteiger partial charge in [0.1, 0.15) is 12.1 Å². The number of benzene rings is 2. The third-order valence-electron chi connectivity index (χ3n) is 5.37. The summed E-state index contributed by atoms with van der Waals surface area (Å²) in [5.74, 6) is -1.38. The monoisotopic (exact) mass is 408 g/mol. The number of amides is 2. The second-order valence-corrected chi connectivity index (χ2v) is 8.04. The summed E-state index contributed by atoms with van der Waals surface area (Å²) in [6.45, 7) is 5.33. The molecule has 6 nitrogen and oxygen atoms in total. The van der Waals surface area contributed by atoms with Gasteiger partial charge < -0.3 is 15.4 Å². The van der Waals surface area contributed by atoms with Crippen molar-refractivity contribution in [1.29, 1.82) is 0 Å². The van der Waals surface area contributed by atoms with E-state index < -0.39 is 24.0 Å². The molecule has 0 unspecified atom stereocenters. The first-order valence-corrected chi connectivity index (χ1v) is 10.2. The van der Waals surface area contributed by atoms with Gasteiger partial charge in [-0.2, -0.15) is 0 Å². The summed E-state index contributed by atoms with van der Waals surface area (Å²) in [4.78, 5) is 37.5. The van der Waals surface area contributed by atoms with Crippen LogP contribution in [0.5, 0.6) is 0 Å². The standard InChI is InChI=1S/C24H28N2O4/c1-14(2)13-20(25-15(3)27)23(28)26-22(24(29)30-4)21-18-11-7-5-9-16(18)17-10-6-8-12-19(17)21/h5-12,14,20-22H,13H2,1-4H3,(H,25,27)(H,26,28)/t20-,22+/m0/s1. The average molecular weight is 408 g/mol. The van der Waals surface area contributed by atoms with Crippen LogP contribution >= 0.6 is 0 Å². The Hall–Kier alpha value is -3.15. The van der Waals surface area contributed by atoms with Crippen LogP contribution in [0.3, 0.4) is 0 Å². The normalized spacial score (nSPS) is 14.4. The zero-order chi connectivity index (χ0) is 21.8. The Morgan fingerprint density at radius 1 is 0.933 bits per heavy atom. The van der Waals surface area contributed by atoms with Gasteiger partial charge in [0.05, 0.1) is 7.11 Å². The topological polar surface area (TPSA) is 84.5 Å². The SMILES string of the molecule is COC(=O)[C@H](NC(=O)[C@H](CC(C)C)NC(C)=O)C1c2ccccc2-c2ccccc21. The van der Waals surface area contributed by atoms with Gasteiger partial charge >= 0.3 is 5.97 Å². The molecule has 2 aromatic carbocycles. The van der Waals surface area contributed by atoms with Gasteiger partial charge in [-0.1, -0.05) is 62.4 Å². The molecular weight excluding hydrogens is 380 g/mol. The largest absolute Gasteiger partial charge is 0.467 e. The number of carbonyl (C=O) groups excluding carboxylic acids is 3. The van der Waals surface area contributed by atoms with Crippen LogP contribution in [0.15, 0.2) is 48.5 Å². The fraction of sp³-hybridized carbons (Fsp3) is 0.375. The van der Waals surface area contributed by atoms with E-state index in [2.05, 4.69) is 10.6 Å². The third-order valence-corrected chi connectivity index (χ3v) is 5.37. The summed E-state index contributed by atoms with van der Waals surface area (Å²) in [5.41, 5.74) is 4.02. The van der Waals surface area contributed by atoms with E-state index in [0.29, 0.717) is 6.42 Å². The Labute approximate surface area is 177 Å². The Morgan fingerprint density at radius 3 is 1.93 bits per heavy atom. The highest BCUT2D eigenvalue weighted by Crippen LogP contribution is 2.46. The maximum absolute atomic E-state index is 13.1. The van der Waals surface area contributed by atoms with Gasteiger partial charge in [0.2, 0.25) is 11.8 Å². The van der Waals surface area contributed by atoms with E-state index in [4.69, 9.17) is 4.74 Å². The van der Waals surface area contributed by atoms with Crippen molar-refractivity contribution in [2.75, 3.05) is 7.11 Å². The van der Waals surface area contributed by atoms with E-state index in [1.807, 2.05) is 62.4 Å². The van der Waals surface area contributed by atoms with E-state index in [1.165, 1.54) is 14.0 Å². The maximum atomic E-state index is 13.1. The van der Waals surface area contributed by atoms with Crippen LogP contribution in [-0.2, 0) is 19.1 Å². The molecule has 3 rings (SSSR count). The van der Waals surface area contributed by atoms with Crippen molar-refractivity contribution >= 4 is 17.8 Å². The quantitative estimate of drug-likeness (QED) is 0.690. The number of nitrogens with one attached hydrogen (secondary N) is 2. The number of fused-ring (bicyclic) bond motifs is 3. The first kappa shape index (κ1) is 21.6. The molecule has 0 saturated carbocycles. The molecule has 0 fully saturated rings. The number of esters is 1. The summed E-state index contributed by atoms with van der Waals surface area (Å²) in [6, 6.07) is 14.1.